The van der Waals surface area contributed by atoms with Crippen LogP contribution in [0, 0.1) is 3.57 Å². The Bertz CT molecular complexity index is 346. The van der Waals surface area contributed by atoms with Gasteiger partial charge in [0.1, 0.15) is 0 Å². The van der Waals surface area contributed by atoms with E-state index in [0.29, 0.717) is 0 Å². The van der Waals surface area contributed by atoms with Crippen molar-refractivity contribution in [2.75, 3.05) is 0 Å². The van der Waals surface area contributed by atoms with Gasteiger partial charge in [0, 0.05) is 9.61 Å². The van der Waals surface area contributed by atoms with Crippen LogP contribution >= 0.6 is 22.6 Å². The molecule has 0 aliphatic heterocycles. The lowest BCUT2D eigenvalue weighted by atomic mass is 9.84. The number of fused-ring (bicyclic) bond motifs is 1. The van der Waals surface area contributed by atoms with Crippen LogP contribution in [0.15, 0.2) is 12.1 Å². The Hall–Kier alpha value is -0.0900. The first kappa shape index (κ1) is 10.4. The molecule has 0 amide bonds. The van der Waals surface area contributed by atoms with Gasteiger partial charge < -0.3 is 5.73 Å². The molecular weight excluding hydrogens is 285 g/mol. The molecule has 76 valence electrons. The fourth-order valence-electron chi connectivity index (χ4n) is 2.38. The summed E-state index contributed by atoms with van der Waals surface area (Å²) in [5, 5.41) is 0. The van der Waals surface area contributed by atoms with Crippen LogP contribution in [0.25, 0.3) is 0 Å². The standard InChI is InChI=1S/C12H16IN/c1-2-9-10(13)7-6-8-4-3-5-11(14)12(8)9/h6-7,11H,2-5,14H2,1H3/t11-/m1/s1. The van der Waals surface area contributed by atoms with E-state index in [-0.39, 0.29) is 6.04 Å². The highest BCUT2D eigenvalue weighted by Gasteiger charge is 2.20. The second kappa shape index (κ2) is 4.19. The van der Waals surface area contributed by atoms with Gasteiger partial charge >= 0.3 is 0 Å². The molecule has 0 saturated carbocycles. The lowest BCUT2D eigenvalue weighted by molar-refractivity contribution is 0.564. The summed E-state index contributed by atoms with van der Waals surface area (Å²) < 4.78 is 1.38. The van der Waals surface area contributed by atoms with Crippen LogP contribution in [0.1, 0.15) is 42.5 Å². The van der Waals surface area contributed by atoms with E-state index in [1.165, 1.54) is 33.1 Å². The summed E-state index contributed by atoms with van der Waals surface area (Å²) in [5.41, 5.74) is 10.6. The van der Waals surface area contributed by atoms with Crippen molar-refractivity contribution in [1.29, 1.82) is 0 Å². The molecule has 0 radical (unpaired) electrons. The maximum absolute atomic E-state index is 6.19. The molecule has 1 aliphatic carbocycles. The smallest absolute Gasteiger partial charge is 0.0300 e. The maximum atomic E-state index is 6.19. The number of benzene rings is 1. The van der Waals surface area contributed by atoms with Gasteiger partial charge in [0.2, 0.25) is 0 Å². The van der Waals surface area contributed by atoms with Crippen LogP contribution in [0.5, 0.6) is 0 Å². The molecule has 1 aromatic carbocycles. The first-order valence-electron chi connectivity index (χ1n) is 5.29. The van der Waals surface area contributed by atoms with Crippen molar-refractivity contribution < 1.29 is 0 Å². The van der Waals surface area contributed by atoms with Gasteiger partial charge in [0.25, 0.3) is 0 Å². The molecule has 0 aromatic heterocycles. The molecule has 2 rings (SSSR count). The average molecular weight is 301 g/mol. The number of hydrogen-bond acceptors (Lipinski definition) is 1. The number of rotatable bonds is 1. The Balaban J connectivity index is 2.57. The lowest BCUT2D eigenvalue weighted by Crippen LogP contribution is -2.20. The molecule has 1 aliphatic rings. The highest BCUT2D eigenvalue weighted by atomic mass is 127. The van der Waals surface area contributed by atoms with Gasteiger partial charge in [0.15, 0.2) is 0 Å². The van der Waals surface area contributed by atoms with Crippen molar-refractivity contribution in [1.82, 2.24) is 0 Å². The largest absolute Gasteiger partial charge is 0.324 e. The molecule has 0 heterocycles. The zero-order valence-electron chi connectivity index (χ0n) is 8.52. The van der Waals surface area contributed by atoms with Crippen LogP contribution in [0.2, 0.25) is 0 Å². The predicted molar refractivity (Wildman–Crippen MR) is 68.4 cm³/mol. The molecule has 0 unspecified atom stereocenters. The van der Waals surface area contributed by atoms with E-state index in [4.69, 9.17) is 5.73 Å². The van der Waals surface area contributed by atoms with E-state index in [9.17, 15) is 0 Å². The number of halogens is 1. The predicted octanol–water partition coefficient (Wildman–Crippen LogP) is 3.19. The third kappa shape index (κ3) is 1.70. The van der Waals surface area contributed by atoms with E-state index >= 15 is 0 Å². The molecular formula is C12H16IN. The highest BCUT2D eigenvalue weighted by Crippen LogP contribution is 2.33. The summed E-state index contributed by atoms with van der Waals surface area (Å²) in [5.74, 6) is 0. The Morgan fingerprint density at radius 1 is 1.50 bits per heavy atom. The Morgan fingerprint density at radius 3 is 3.00 bits per heavy atom. The molecule has 1 aromatic rings. The minimum Gasteiger partial charge on any atom is -0.324 e. The van der Waals surface area contributed by atoms with Crippen LogP contribution in [-0.2, 0) is 12.8 Å². The summed E-state index contributed by atoms with van der Waals surface area (Å²) in [6, 6.07) is 4.77. The van der Waals surface area contributed by atoms with Crippen molar-refractivity contribution in [3.63, 3.8) is 0 Å². The van der Waals surface area contributed by atoms with Crippen molar-refractivity contribution in [3.8, 4) is 0 Å². The second-order valence-corrected chi connectivity index (χ2v) is 5.11. The molecule has 1 nitrogen and oxygen atoms in total. The molecule has 2 N–H and O–H groups in total. The fourth-order valence-corrected chi connectivity index (χ4v) is 3.23. The monoisotopic (exact) mass is 301 g/mol. The van der Waals surface area contributed by atoms with E-state index in [0.717, 1.165) is 12.8 Å². The first-order chi connectivity index (χ1) is 6.74. The first-order valence-corrected chi connectivity index (χ1v) is 6.37. The SMILES string of the molecule is CCc1c(I)ccc2c1[C@H](N)CCC2. The summed E-state index contributed by atoms with van der Waals surface area (Å²) >= 11 is 2.42. The highest BCUT2D eigenvalue weighted by molar-refractivity contribution is 14.1. The molecule has 2 heteroatoms. The summed E-state index contributed by atoms with van der Waals surface area (Å²) in [4.78, 5) is 0. The third-order valence-corrected chi connectivity index (χ3v) is 4.09. The molecule has 0 fully saturated rings. The van der Waals surface area contributed by atoms with E-state index in [1.54, 1.807) is 0 Å². The molecule has 14 heavy (non-hydrogen) atoms. The van der Waals surface area contributed by atoms with Gasteiger partial charge in [0.05, 0.1) is 0 Å². The van der Waals surface area contributed by atoms with Crippen LogP contribution in [0.4, 0.5) is 0 Å². The van der Waals surface area contributed by atoms with Crippen molar-refractivity contribution in [2.45, 2.75) is 38.6 Å². The number of aryl methyl sites for hydroxylation is 1. The lowest BCUT2D eigenvalue weighted by Gasteiger charge is -2.25. The van der Waals surface area contributed by atoms with Crippen LogP contribution in [-0.4, -0.2) is 0 Å². The zero-order chi connectivity index (χ0) is 10.1. The molecule has 0 spiro atoms. The molecule has 0 saturated heterocycles. The zero-order valence-corrected chi connectivity index (χ0v) is 10.7. The molecule has 0 bridgehead atoms. The minimum absolute atomic E-state index is 0.281. The maximum Gasteiger partial charge on any atom is 0.0300 e. The van der Waals surface area contributed by atoms with Gasteiger partial charge in [-0.05, 0) is 71.0 Å². The summed E-state index contributed by atoms with van der Waals surface area (Å²) in [7, 11) is 0. The third-order valence-electron chi connectivity index (χ3n) is 3.08. The van der Waals surface area contributed by atoms with E-state index in [1.807, 2.05) is 0 Å². The summed E-state index contributed by atoms with van der Waals surface area (Å²) in [6.45, 7) is 2.22. The van der Waals surface area contributed by atoms with Gasteiger partial charge in [-0.3, -0.25) is 0 Å². The van der Waals surface area contributed by atoms with E-state index < -0.39 is 0 Å². The second-order valence-electron chi connectivity index (χ2n) is 3.95. The van der Waals surface area contributed by atoms with Crippen molar-refractivity contribution in [2.24, 2.45) is 5.73 Å². The Morgan fingerprint density at radius 2 is 2.29 bits per heavy atom. The van der Waals surface area contributed by atoms with Crippen molar-refractivity contribution in [3.05, 3.63) is 32.4 Å². The van der Waals surface area contributed by atoms with Gasteiger partial charge in [-0.2, -0.15) is 0 Å². The minimum atomic E-state index is 0.281. The van der Waals surface area contributed by atoms with Crippen LogP contribution < -0.4 is 5.73 Å². The normalized spacial score (nSPS) is 20.6. The Kier molecular flexibility index (Phi) is 3.12. The van der Waals surface area contributed by atoms with Gasteiger partial charge in [-0.25, -0.2) is 0 Å². The van der Waals surface area contributed by atoms with Crippen LogP contribution in [0.3, 0.4) is 0 Å². The summed E-state index contributed by atoms with van der Waals surface area (Å²) in [6.07, 6.45) is 4.72. The van der Waals surface area contributed by atoms with E-state index in [2.05, 4.69) is 41.6 Å². The van der Waals surface area contributed by atoms with Gasteiger partial charge in [-0.15, -0.1) is 0 Å². The van der Waals surface area contributed by atoms with Gasteiger partial charge in [-0.1, -0.05) is 13.0 Å². The number of nitrogens with two attached hydrogens (primary N) is 1. The molecule has 1 atom stereocenters. The quantitative estimate of drug-likeness (QED) is 0.792. The number of hydrogen-bond donors (Lipinski definition) is 1. The van der Waals surface area contributed by atoms with Crippen molar-refractivity contribution >= 4 is 22.6 Å². The fraction of sp³-hybridized carbons (Fsp3) is 0.500. The average Bonchev–Trinajstić information content (AvgIpc) is 2.19. The topological polar surface area (TPSA) is 26.0 Å². The Labute approximate surface area is 99.2 Å².